The van der Waals surface area contributed by atoms with Gasteiger partial charge in [0.05, 0.1) is 39.5 Å². The summed E-state index contributed by atoms with van der Waals surface area (Å²) >= 11 is 0. The van der Waals surface area contributed by atoms with Crippen LogP contribution in [-0.4, -0.2) is 21.4 Å². The molecule has 0 amide bonds. The smallest absolute Gasteiger partial charge is 0.254 e. The van der Waals surface area contributed by atoms with E-state index in [1.54, 1.807) is 12.1 Å². The fraction of sp³-hybridized carbons (Fsp3) is 0.133. The van der Waals surface area contributed by atoms with Gasteiger partial charge in [-0.05, 0) is 36.8 Å². The van der Waals surface area contributed by atoms with Gasteiger partial charge in [0.2, 0.25) is 0 Å². The molecule has 0 saturated heterocycles. The minimum Gasteiger partial charge on any atom is -0.254 e. The Morgan fingerprint density at radius 2 is 1.00 bits per heavy atom. The zero-order valence-corrected chi connectivity index (χ0v) is 22.9. The number of benzene rings is 1. The van der Waals surface area contributed by atoms with Gasteiger partial charge < -0.3 is 0 Å². The minimum atomic E-state index is -5.42. The number of halogens is 9. The van der Waals surface area contributed by atoms with Crippen LogP contribution in [0, 0.1) is 52.2 Å². The van der Waals surface area contributed by atoms with Gasteiger partial charge in [-0.3, -0.25) is 9.97 Å². The molecule has 17 heteroatoms. The van der Waals surface area contributed by atoms with Gasteiger partial charge in [-0.25, -0.2) is 9.98 Å². The minimum absolute atomic E-state index is 0.114. The number of hydrogen-bond acceptors (Lipinski definition) is 8. The van der Waals surface area contributed by atoms with Crippen molar-refractivity contribution in [1.29, 1.82) is 21.0 Å². The Hall–Kier alpha value is -6.33. The monoisotopic (exact) mass is 652 g/mol. The van der Waals surface area contributed by atoms with Gasteiger partial charge in [0, 0.05) is 34.7 Å². The van der Waals surface area contributed by atoms with Gasteiger partial charge in [-0.1, -0.05) is 0 Å². The van der Waals surface area contributed by atoms with Crippen molar-refractivity contribution in [2.45, 2.75) is 25.5 Å². The van der Waals surface area contributed by atoms with E-state index in [-0.39, 0.29) is 40.3 Å². The van der Waals surface area contributed by atoms with Crippen LogP contribution in [0.15, 0.2) is 57.8 Å². The number of alkyl halides is 9. The number of allylic oxidation sites excluding steroid dienone is 4. The van der Waals surface area contributed by atoms with E-state index < -0.39 is 80.3 Å². The van der Waals surface area contributed by atoms with Gasteiger partial charge in [0.1, 0.15) is 46.8 Å². The lowest BCUT2D eigenvalue weighted by Gasteiger charge is -2.16. The van der Waals surface area contributed by atoms with Gasteiger partial charge in [0.25, 0.3) is 0 Å². The molecule has 0 unspecified atom stereocenters. The first kappa shape index (κ1) is 32.1. The van der Waals surface area contributed by atoms with E-state index >= 15 is 0 Å². The first-order chi connectivity index (χ1) is 21.9. The van der Waals surface area contributed by atoms with Crippen molar-refractivity contribution in [3.05, 3.63) is 92.6 Å². The van der Waals surface area contributed by atoms with E-state index in [0.717, 1.165) is 24.4 Å². The van der Waals surface area contributed by atoms with Gasteiger partial charge in [-0.15, -0.1) is 0 Å². The molecule has 5 rings (SSSR count). The van der Waals surface area contributed by atoms with Gasteiger partial charge in [0.15, 0.2) is 0 Å². The van der Waals surface area contributed by atoms with E-state index in [4.69, 9.17) is 0 Å². The standard InChI is InChI=1S/C30H9F9N8/c1-12-2-18(29(34,35)36)24(44-10-12)26-22(13(6-40)7-41)16-4-17-21(5-20(16)46-26)47-27(23(17)14(8-42)9-43)25-19(30(37,38)39)3-15(11-45-25)28(31,32)33/h2-5,10-11H,1H3. The molecule has 0 N–H and O–H groups in total. The van der Waals surface area contributed by atoms with Crippen LogP contribution < -0.4 is 0 Å². The van der Waals surface area contributed by atoms with Crippen molar-refractivity contribution in [2.75, 3.05) is 0 Å². The molecule has 0 spiro atoms. The Labute approximate surface area is 257 Å². The number of nitriles is 4. The number of nitrogens with zero attached hydrogens (tertiary/aromatic N) is 8. The third kappa shape index (κ3) is 5.45. The normalized spacial score (nSPS) is 13.8. The maximum atomic E-state index is 14.1. The van der Waals surface area contributed by atoms with E-state index in [2.05, 4.69) is 20.0 Å². The lowest BCUT2D eigenvalue weighted by atomic mass is 9.89. The zero-order chi connectivity index (χ0) is 34.6. The number of aliphatic imine (C=N–C) groups is 2. The maximum Gasteiger partial charge on any atom is 0.418 e. The number of aromatic nitrogens is 2. The SMILES string of the molecule is Cc1cnc(C2=Nc3cc4c(cc3C2=C(C#N)C#N)C(=C(C#N)C#N)C(c2ncc(C(F)(F)F)cc2C(F)(F)F)=N4)c(C(F)(F)F)c1. The number of fused-ring (bicyclic) bond motifs is 2. The molecule has 2 aromatic heterocycles. The molecule has 0 saturated carbocycles. The highest BCUT2D eigenvalue weighted by Gasteiger charge is 2.43. The summed E-state index contributed by atoms with van der Waals surface area (Å²) in [4.78, 5) is 15.4. The Morgan fingerprint density at radius 3 is 1.40 bits per heavy atom. The summed E-state index contributed by atoms with van der Waals surface area (Å²) in [6, 6.07) is 8.74. The van der Waals surface area contributed by atoms with Crippen molar-refractivity contribution in [2.24, 2.45) is 9.98 Å². The summed E-state index contributed by atoms with van der Waals surface area (Å²) in [6.07, 6.45) is -14.4. The van der Waals surface area contributed by atoms with Crippen LogP contribution in [0.25, 0.3) is 11.1 Å². The molecule has 2 aliphatic heterocycles. The Morgan fingerprint density at radius 1 is 0.574 bits per heavy atom. The third-order valence-electron chi connectivity index (χ3n) is 6.84. The van der Waals surface area contributed by atoms with Gasteiger partial charge >= 0.3 is 18.5 Å². The molecule has 0 fully saturated rings. The maximum absolute atomic E-state index is 14.1. The molecule has 0 atom stereocenters. The van der Waals surface area contributed by atoms with Crippen LogP contribution in [0.4, 0.5) is 50.9 Å². The Kier molecular flexibility index (Phi) is 7.46. The van der Waals surface area contributed by atoms with E-state index in [1.165, 1.54) is 19.1 Å². The molecule has 1 aromatic carbocycles. The molecule has 0 bridgehead atoms. The van der Waals surface area contributed by atoms with Crippen molar-refractivity contribution in [3.8, 4) is 24.3 Å². The largest absolute Gasteiger partial charge is 0.418 e. The second-order valence-corrected chi connectivity index (χ2v) is 9.78. The fourth-order valence-corrected chi connectivity index (χ4v) is 4.89. The molecular weight excluding hydrogens is 643 g/mol. The summed E-state index contributed by atoms with van der Waals surface area (Å²) in [7, 11) is 0. The van der Waals surface area contributed by atoms with Crippen LogP contribution in [0.2, 0.25) is 0 Å². The highest BCUT2D eigenvalue weighted by molar-refractivity contribution is 6.40. The molecule has 0 aliphatic carbocycles. The van der Waals surface area contributed by atoms with Crippen LogP contribution >= 0.6 is 0 Å². The number of pyridine rings is 2. The summed E-state index contributed by atoms with van der Waals surface area (Å²) in [5.41, 5.74) is -11.6. The van der Waals surface area contributed by atoms with Crippen LogP contribution in [0.5, 0.6) is 0 Å². The molecule has 232 valence electrons. The molecule has 2 aliphatic rings. The molecular formula is C30H9F9N8. The van der Waals surface area contributed by atoms with Crippen LogP contribution in [0.3, 0.4) is 0 Å². The Balaban J connectivity index is 1.83. The number of aryl methyl sites for hydroxylation is 1. The second kappa shape index (κ2) is 10.9. The summed E-state index contributed by atoms with van der Waals surface area (Å²) in [5, 5.41) is 38.7. The quantitative estimate of drug-likeness (QED) is 0.205. The Bertz CT molecular complexity index is 2170. The van der Waals surface area contributed by atoms with Crippen molar-refractivity contribution < 1.29 is 39.5 Å². The highest BCUT2D eigenvalue weighted by Crippen LogP contribution is 2.49. The molecule has 8 nitrogen and oxygen atoms in total. The zero-order valence-electron chi connectivity index (χ0n) is 22.9. The molecule has 4 heterocycles. The predicted octanol–water partition coefficient (Wildman–Crippen LogP) is 7.71. The summed E-state index contributed by atoms with van der Waals surface area (Å²) in [6.45, 7) is 1.34. The molecule has 3 aromatic rings. The second-order valence-electron chi connectivity index (χ2n) is 9.78. The average molecular weight is 652 g/mol. The third-order valence-corrected chi connectivity index (χ3v) is 6.84. The summed E-state index contributed by atoms with van der Waals surface area (Å²) < 4.78 is 124. The molecule has 47 heavy (non-hydrogen) atoms. The van der Waals surface area contributed by atoms with E-state index in [0.29, 0.717) is 0 Å². The van der Waals surface area contributed by atoms with Crippen LogP contribution in [-0.2, 0) is 18.5 Å². The summed E-state index contributed by atoms with van der Waals surface area (Å²) in [5.74, 6) is 0. The van der Waals surface area contributed by atoms with E-state index in [1.807, 2.05) is 0 Å². The van der Waals surface area contributed by atoms with Gasteiger partial charge in [-0.2, -0.15) is 60.6 Å². The van der Waals surface area contributed by atoms with Crippen molar-refractivity contribution >= 4 is 33.9 Å². The predicted molar refractivity (Wildman–Crippen MR) is 143 cm³/mol. The average Bonchev–Trinajstić information content (AvgIpc) is 3.54. The fourth-order valence-electron chi connectivity index (χ4n) is 4.89. The van der Waals surface area contributed by atoms with Crippen molar-refractivity contribution in [1.82, 2.24) is 9.97 Å². The van der Waals surface area contributed by atoms with E-state index in [9.17, 15) is 60.6 Å². The highest BCUT2D eigenvalue weighted by atomic mass is 19.4. The number of rotatable bonds is 2. The van der Waals surface area contributed by atoms with Crippen molar-refractivity contribution in [3.63, 3.8) is 0 Å². The van der Waals surface area contributed by atoms with Crippen LogP contribution in [0.1, 0.15) is 44.8 Å². The lowest BCUT2D eigenvalue weighted by molar-refractivity contribution is -0.143. The molecule has 0 radical (unpaired) electrons. The number of hydrogen-bond donors (Lipinski definition) is 0. The first-order valence-electron chi connectivity index (χ1n) is 12.6. The topological polar surface area (TPSA) is 146 Å². The first-order valence-corrected chi connectivity index (χ1v) is 12.6. The lowest BCUT2D eigenvalue weighted by Crippen LogP contribution is -2.18.